The van der Waals surface area contributed by atoms with E-state index in [9.17, 15) is 0 Å². The summed E-state index contributed by atoms with van der Waals surface area (Å²) in [7, 11) is 0. The first-order chi connectivity index (χ1) is 10.2. The van der Waals surface area contributed by atoms with Gasteiger partial charge in [-0.05, 0) is 34.8 Å². The third kappa shape index (κ3) is 2.70. The third-order valence-corrected chi connectivity index (χ3v) is 5.79. The maximum absolute atomic E-state index is 8.50. The van der Waals surface area contributed by atoms with Crippen molar-refractivity contribution in [2.75, 3.05) is 11.7 Å². The second kappa shape index (κ2) is 6.39. The molecule has 0 radical (unpaired) electrons. The van der Waals surface area contributed by atoms with Crippen LogP contribution in [0, 0.1) is 11.8 Å². The summed E-state index contributed by atoms with van der Waals surface area (Å²) in [6.07, 6.45) is 6.83. The number of rotatable bonds is 4. The van der Waals surface area contributed by atoms with Crippen LogP contribution in [0.2, 0.25) is 0 Å². The molecule has 3 heteroatoms. The summed E-state index contributed by atoms with van der Waals surface area (Å²) < 4.78 is 0. The molecule has 1 aromatic carbocycles. The lowest BCUT2D eigenvalue weighted by atomic mass is 9.61. The maximum atomic E-state index is 8.50. The second-order valence-corrected chi connectivity index (χ2v) is 6.96. The molecule has 21 heavy (non-hydrogen) atoms. The molecule has 0 spiro atoms. The molecule has 2 aliphatic carbocycles. The Morgan fingerprint density at radius 2 is 1.86 bits per heavy atom. The Morgan fingerprint density at radius 1 is 1.14 bits per heavy atom. The van der Waals surface area contributed by atoms with E-state index < -0.39 is 0 Å². The summed E-state index contributed by atoms with van der Waals surface area (Å²) in [6.45, 7) is 4.70. The first kappa shape index (κ1) is 14.9. The minimum absolute atomic E-state index is 0.332. The predicted molar refractivity (Wildman–Crippen MR) is 88.5 cm³/mol. The smallest absolute Gasteiger partial charge is 0.128 e. The van der Waals surface area contributed by atoms with Crippen molar-refractivity contribution in [3.63, 3.8) is 0 Å². The van der Waals surface area contributed by atoms with Crippen LogP contribution in [0.4, 0.5) is 0 Å². The number of allylic oxidation sites excluding steroid dienone is 3. The van der Waals surface area contributed by atoms with Gasteiger partial charge >= 0.3 is 0 Å². The molecule has 0 heterocycles. The van der Waals surface area contributed by atoms with Crippen molar-refractivity contribution in [2.24, 2.45) is 11.8 Å². The van der Waals surface area contributed by atoms with Crippen molar-refractivity contribution < 1.29 is 10.1 Å². The highest BCUT2D eigenvalue weighted by atomic mass is 32.2. The Labute approximate surface area is 130 Å². The molecule has 1 aromatic rings. The average Bonchev–Trinajstić information content (AvgIpc) is 2.53. The van der Waals surface area contributed by atoms with Crippen molar-refractivity contribution >= 4 is 11.8 Å². The summed E-state index contributed by atoms with van der Waals surface area (Å²) in [6, 6.07) is 8.87. The Balaban J connectivity index is 1.91. The van der Waals surface area contributed by atoms with Crippen molar-refractivity contribution in [2.45, 2.75) is 25.7 Å². The fourth-order valence-electron chi connectivity index (χ4n) is 4.00. The number of fused-ring (bicyclic) bond motifs is 2. The Bertz CT molecular complexity index is 564. The van der Waals surface area contributed by atoms with E-state index in [1.165, 1.54) is 16.7 Å². The molecule has 0 bridgehead atoms. The predicted octanol–water partition coefficient (Wildman–Crippen LogP) is 4.82. The summed E-state index contributed by atoms with van der Waals surface area (Å²) in [5.74, 6) is 3.48. The van der Waals surface area contributed by atoms with Crippen molar-refractivity contribution in [3.8, 4) is 0 Å². The molecule has 112 valence electrons. The first-order valence-corrected chi connectivity index (χ1v) is 8.69. The number of hydrogen-bond donors (Lipinski definition) is 1. The zero-order valence-corrected chi connectivity index (χ0v) is 13.3. The van der Waals surface area contributed by atoms with Gasteiger partial charge in [-0.25, -0.2) is 4.89 Å². The van der Waals surface area contributed by atoms with Crippen molar-refractivity contribution in [3.05, 3.63) is 59.2 Å². The summed E-state index contributed by atoms with van der Waals surface area (Å²) in [5, 5.41) is 8.50. The summed E-state index contributed by atoms with van der Waals surface area (Å²) >= 11 is 1.63. The van der Waals surface area contributed by atoms with Crippen LogP contribution in [0.25, 0.3) is 0 Å². The van der Waals surface area contributed by atoms with Gasteiger partial charge in [0.25, 0.3) is 0 Å². The van der Waals surface area contributed by atoms with Crippen LogP contribution in [0.3, 0.4) is 0 Å². The van der Waals surface area contributed by atoms with Crippen LogP contribution in [-0.4, -0.2) is 16.9 Å². The largest absolute Gasteiger partial charge is 0.251 e. The van der Waals surface area contributed by atoms with Gasteiger partial charge in [0.1, 0.15) is 5.94 Å². The maximum Gasteiger partial charge on any atom is 0.128 e. The standard InChI is InChI=1S/C18H22O2S/c1-12-15-7-3-4-8-16(15)13(2)18-14(10-21-11-20-19)6-5-9-17(12)18/h3-9,12-13,17-19H,10-11H2,1-2H3. The lowest BCUT2D eigenvalue weighted by molar-refractivity contribution is -0.222. The molecule has 0 aromatic heterocycles. The van der Waals surface area contributed by atoms with Gasteiger partial charge in [0, 0.05) is 5.75 Å². The van der Waals surface area contributed by atoms with E-state index in [0.29, 0.717) is 29.6 Å². The van der Waals surface area contributed by atoms with Gasteiger partial charge in [0.15, 0.2) is 0 Å². The highest BCUT2D eigenvalue weighted by Crippen LogP contribution is 2.51. The molecule has 4 atom stereocenters. The van der Waals surface area contributed by atoms with E-state index in [0.717, 1.165) is 5.75 Å². The highest BCUT2D eigenvalue weighted by molar-refractivity contribution is 7.99. The van der Waals surface area contributed by atoms with Gasteiger partial charge in [-0.1, -0.05) is 61.9 Å². The Morgan fingerprint density at radius 3 is 2.57 bits per heavy atom. The minimum atomic E-state index is 0.332. The average molecular weight is 302 g/mol. The van der Waals surface area contributed by atoms with Crippen LogP contribution in [0.5, 0.6) is 0 Å². The lowest BCUT2D eigenvalue weighted by Gasteiger charge is -2.43. The molecule has 0 amide bonds. The van der Waals surface area contributed by atoms with Gasteiger partial charge in [0.2, 0.25) is 0 Å². The molecule has 2 nitrogen and oxygen atoms in total. The molecule has 1 N–H and O–H groups in total. The molecule has 2 aliphatic rings. The number of thioether (sulfide) groups is 1. The number of benzene rings is 1. The van der Waals surface area contributed by atoms with Crippen LogP contribution in [0.15, 0.2) is 48.1 Å². The lowest BCUT2D eigenvalue weighted by Crippen LogP contribution is -2.33. The zero-order chi connectivity index (χ0) is 14.8. The first-order valence-electron chi connectivity index (χ1n) is 7.54. The Hall–Kier alpha value is -1.03. The third-order valence-electron chi connectivity index (χ3n) is 4.98. The van der Waals surface area contributed by atoms with Gasteiger partial charge < -0.3 is 0 Å². The molecular formula is C18H22O2S. The zero-order valence-electron chi connectivity index (χ0n) is 12.5. The fraction of sp³-hybridized carbons (Fsp3) is 0.444. The van der Waals surface area contributed by atoms with Crippen LogP contribution in [-0.2, 0) is 4.89 Å². The van der Waals surface area contributed by atoms with Crippen LogP contribution < -0.4 is 0 Å². The topological polar surface area (TPSA) is 29.5 Å². The van der Waals surface area contributed by atoms with Gasteiger partial charge in [0.05, 0.1) is 0 Å². The van der Waals surface area contributed by atoms with Crippen LogP contribution >= 0.6 is 11.8 Å². The van der Waals surface area contributed by atoms with Crippen molar-refractivity contribution in [1.29, 1.82) is 0 Å². The SMILES string of the molecule is CC1c2ccccc2C(C)C2C(CSCOO)=CC=CC12. The van der Waals surface area contributed by atoms with Gasteiger partial charge in [-0.2, -0.15) is 0 Å². The Kier molecular flexibility index (Phi) is 4.53. The molecule has 0 aliphatic heterocycles. The van der Waals surface area contributed by atoms with Crippen molar-refractivity contribution in [1.82, 2.24) is 0 Å². The minimum Gasteiger partial charge on any atom is -0.251 e. The van der Waals surface area contributed by atoms with E-state index >= 15 is 0 Å². The van der Waals surface area contributed by atoms with E-state index in [-0.39, 0.29) is 0 Å². The van der Waals surface area contributed by atoms with Gasteiger partial charge in [-0.15, -0.1) is 11.8 Å². The monoisotopic (exact) mass is 302 g/mol. The molecule has 0 saturated heterocycles. The summed E-state index contributed by atoms with van der Waals surface area (Å²) in [4.78, 5) is 4.19. The normalized spacial score (nSPS) is 30.5. The van der Waals surface area contributed by atoms with Gasteiger partial charge in [-0.3, -0.25) is 5.26 Å². The molecule has 3 rings (SSSR count). The summed E-state index contributed by atoms with van der Waals surface area (Å²) in [5.41, 5.74) is 4.47. The molecular weight excluding hydrogens is 280 g/mol. The molecule has 0 saturated carbocycles. The van der Waals surface area contributed by atoms with E-state index in [1.54, 1.807) is 11.8 Å². The second-order valence-electron chi connectivity index (χ2n) is 6.03. The molecule has 4 unspecified atom stereocenters. The number of hydrogen-bond acceptors (Lipinski definition) is 3. The fourth-order valence-corrected chi connectivity index (χ4v) is 4.68. The van der Waals surface area contributed by atoms with Crippen LogP contribution in [0.1, 0.15) is 36.8 Å². The van der Waals surface area contributed by atoms with E-state index in [1.807, 2.05) is 0 Å². The quantitative estimate of drug-likeness (QED) is 0.374. The van der Waals surface area contributed by atoms with E-state index in [4.69, 9.17) is 5.26 Å². The highest BCUT2D eigenvalue weighted by Gasteiger charge is 2.39. The molecule has 0 fully saturated rings. The van der Waals surface area contributed by atoms with E-state index in [2.05, 4.69) is 61.2 Å².